The van der Waals surface area contributed by atoms with Gasteiger partial charge in [0, 0.05) is 12.2 Å². The molecule has 0 N–H and O–H groups in total. The first kappa shape index (κ1) is 21.1. The van der Waals surface area contributed by atoms with Gasteiger partial charge in [-0.2, -0.15) is 5.26 Å². The standard InChI is InChI=1S/C14H13NO4S6/c1-18-9(16)7-8(10(17)19-2)23-13(22-7)14-24-11(20-3)12(25-14)21-6-4-5-15/h4,6H2,1-3H3. The van der Waals surface area contributed by atoms with E-state index in [9.17, 15) is 9.59 Å². The van der Waals surface area contributed by atoms with Crippen molar-refractivity contribution in [3.8, 4) is 6.07 Å². The predicted molar refractivity (Wildman–Crippen MR) is 112 cm³/mol. The molecule has 0 aromatic heterocycles. The predicted octanol–water partition coefficient (Wildman–Crippen LogP) is 4.77. The Balaban J connectivity index is 2.19. The van der Waals surface area contributed by atoms with Crippen molar-refractivity contribution in [2.75, 3.05) is 26.2 Å². The SMILES string of the molecule is COC(=O)C1=C(C(=O)OC)SC(=C2SC(SC)=C(SCCC#N)S2)S1. The second-order valence-corrected chi connectivity index (χ2v) is 11.2. The topological polar surface area (TPSA) is 76.4 Å². The van der Waals surface area contributed by atoms with Crippen LogP contribution in [0.3, 0.4) is 0 Å². The number of carbonyl (C=O) groups is 2. The molecule has 5 nitrogen and oxygen atoms in total. The highest BCUT2D eigenvalue weighted by atomic mass is 32.3. The summed E-state index contributed by atoms with van der Waals surface area (Å²) in [6.07, 6.45) is 2.51. The van der Waals surface area contributed by atoms with Crippen LogP contribution in [0.2, 0.25) is 0 Å². The van der Waals surface area contributed by atoms with Crippen molar-refractivity contribution in [1.82, 2.24) is 0 Å². The molecule has 0 radical (unpaired) electrons. The van der Waals surface area contributed by atoms with E-state index in [4.69, 9.17) is 14.7 Å². The van der Waals surface area contributed by atoms with Gasteiger partial charge in [0.05, 0.1) is 37.2 Å². The minimum Gasteiger partial charge on any atom is -0.465 e. The minimum absolute atomic E-state index is 0.263. The van der Waals surface area contributed by atoms with Crippen LogP contribution in [-0.4, -0.2) is 38.2 Å². The number of nitrogens with zero attached hydrogens (tertiary/aromatic N) is 1. The maximum Gasteiger partial charge on any atom is 0.346 e. The zero-order valence-electron chi connectivity index (χ0n) is 13.4. The molecule has 2 aliphatic rings. The Morgan fingerprint density at radius 1 is 1.00 bits per heavy atom. The third kappa shape index (κ3) is 5.14. The minimum atomic E-state index is -0.539. The Kier molecular flexibility index (Phi) is 8.57. The van der Waals surface area contributed by atoms with Crippen LogP contribution in [0.15, 0.2) is 26.8 Å². The van der Waals surface area contributed by atoms with Gasteiger partial charge >= 0.3 is 11.9 Å². The van der Waals surface area contributed by atoms with Gasteiger partial charge in [0.2, 0.25) is 0 Å². The van der Waals surface area contributed by atoms with Gasteiger partial charge in [0.15, 0.2) is 0 Å². The number of methoxy groups -OCH3 is 2. The highest BCUT2D eigenvalue weighted by molar-refractivity contribution is 8.42. The highest BCUT2D eigenvalue weighted by Crippen LogP contribution is 2.63. The molecule has 0 amide bonds. The molecule has 0 fully saturated rings. The molecule has 0 atom stereocenters. The lowest BCUT2D eigenvalue weighted by molar-refractivity contribution is -0.138. The van der Waals surface area contributed by atoms with Crippen LogP contribution in [0, 0.1) is 11.3 Å². The maximum absolute atomic E-state index is 12.0. The second-order valence-electron chi connectivity index (χ2n) is 4.16. The summed E-state index contributed by atoms with van der Waals surface area (Å²) < 4.78 is 13.8. The third-order valence-electron chi connectivity index (χ3n) is 2.67. The van der Waals surface area contributed by atoms with Gasteiger partial charge in [0.25, 0.3) is 0 Å². The lowest BCUT2D eigenvalue weighted by atomic mass is 10.5. The number of ether oxygens (including phenoxy) is 2. The summed E-state index contributed by atoms with van der Waals surface area (Å²) in [6.45, 7) is 0. The first-order chi connectivity index (χ1) is 12.0. The molecule has 11 heteroatoms. The fourth-order valence-electron chi connectivity index (χ4n) is 1.60. The number of rotatable bonds is 6. The Labute approximate surface area is 171 Å². The fourth-order valence-corrected chi connectivity index (χ4v) is 9.72. The van der Waals surface area contributed by atoms with Crippen LogP contribution in [-0.2, 0) is 19.1 Å². The highest BCUT2D eigenvalue weighted by Gasteiger charge is 2.36. The van der Waals surface area contributed by atoms with Crippen LogP contribution in [0.4, 0.5) is 0 Å². The molecular weight excluding hydrogens is 439 g/mol. The molecule has 0 bridgehead atoms. The van der Waals surface area contributed by atoms with Gasteiger partial charge < -0.3 is 9.47 Å². The number of hydrogen-bond acceptors (Lipinski definition) is 11. The quantitative estimate of drug-likeness (QED) is 0.414. The van der Waals surface area contributed by atoms with E-state index in [1.54, 1.807) is 47.0 Å². The molecule has 25 heavy (non-hydrogen) atoms. The fraction of sp³-hybridized carbons (Fsp3) is 0.357. The Hall–Kier alpha value is -0.250. The van der Waals surface area contributed by atoms with E-state index in [1.165, 1.54) is 42.0 Å². The molecular formula is C14H13NO4S6. The van der Waals surface area contributed by atoms with Gasteiger partial charge in [0.1, 0.15) is 9.81 Å². The summed E-state index contributed by atoms with van der Waals surface area (Å²) in [7, 11) is 2.58. The van der Waals surface area contributed by atoms with Gasteiger partial charge in [-0.3, -0.25) is 0 Å². The second kappa shape index (κ2) is 10.2. The first-order valence-electron chi connectivity index (χ1n) is 6.70. The van der Waals surface area contributed by atoms with Crippen LogP contribution in [0.25, 0.3) is 0 Å². The molecule has 2 heterocycles. The number of nitriles is 1. The largest absolute Gasteiger partial charge is 0.465 e. The molecule has 0 spiro atoms. The smallest absolute Gasteiger partial charge is 0.346 e. The first-order valence-corrected chi connectivity index (χ1v) is 12.2. The van der Waals surface area contributed by atoms with E-state index in [1.807, 2.05) is 6.26 Å². The number of esters is 2. The Morgan fingerprint density at radius 2 is 1.52 bits per heavy atom. The normalized spacial score (nSPS) is 17.2. The van der Waals surface area contributed by atoms with E-state index in [0.29, 0.717) is 6.42 Å². The van der Waals surface area contributed by atoms with Crippen LogP contribution in [0.1, 0.15) is 6.42 Å². The lowest BCUT2D eigenvalue weighted by Crippen LogP contribution is -2.08. The van der Waals surface area contributed by atoms with E-state index in [-0.39, 0.29) is 9.81 Å². The van der Waals surface area contributed by atoms with Crippen LogP contribution in [0.5, 0.6) is 0 Å². The average Bonchev–Trinajstić information content (AvgIpc) is 3.24. The zero-order valence-corrected chi connectivity index (χ0v) is 18.3. The van der Waals surface area contributed by atoms with Crippen molar-refractivity contribution in [2.24, 2.45) is 0 Å². The van der Waals surface area contributed by atoms with Gasteiger partial charge in [-0.1, -0.05) is 47.0 Å². The molecule has 0 aromatic rings. The monoisotopic (exact) mass is 451 g/mol. The summed E-state index contributed by atoms with van der Waals surface area (Å²) in [5, 5.41) is 8.69. The van der Waals surface area contributed by atoms with E-state index >= 15 is 0 Å². The summed E-state index contributed by atoms with van der Waals surface area (Å²) in [4.78, 5) is 24.4. The molecule has 2 rings (SSSR count). The number of thioether (sulfide) groups is 6. The summed E-state index contributed by atoms with van der Waals surface area (Å²) >= 11 is 9.04. The molecule has 0 unspecified atom stereocenters. The van der Waals surface area contributed by atoms with Crippen molar-refractivity contribution < 1.29 is 19.1 Å². The Morgan fingerprint density at radius 3 is 2.00 bits per heavy atom. The summed E-state index contributed by atoms with van der Waals surface area (Å²) in [6, 6.07) is 2.14. The van der Waals surface area contributed by atoms with Crippen molar-refractivity contribution in [3.05, 3.63) is 26.8 Å². The third-order valence-corrected chi connectivity index (χ3v) is 11.1. The van der Waals surface area contributed by atoms with Crippen molar-refractivity contribution in [3.63, 3.8) is 0 Å². The van der Waals surface area contributed by atoms with Gasteiger partial charge in [-0.25, -0.2) is 9.59 Å². The number of hydrogen-bond donors (Lipinski definition) is 0. The van der Waals surface area contributed by atoms with Gasteiger partial charge in [-0.05, 0) is 6.26 Å². The summed E-state index contributed by atoms with van der Waals surface area (Å²) in [5.41, 5.74) is 0. The van der Waals surface area contributed by atoms with Gasteiger partial charge in [-0.15, -0.1) is 23.5 Å². The average molecular weight is 452 g/mol. The molecule has 0 aromatic carbocycles. The Bertz CT molecular complexity index is 691. The molecule has 0 aliphatic carbocycles. The van der Waals surface area contributed by atoms with Crippen molar-refractivity contribution in [2.45, 2.75) is 6.42 Å². The van der Waals surface area contributed by atoms with Crippen molar-refractivity contribution in [1.29, 1.82) is 5.26 Å². The van der Waals surface area contributed by atoms with E-state index < -0.39 is 11.9 Å². The lowest BCUT2D eigenvalue weighted by Gasteiger charge is -2.02. The zero-order chi connectivity index (χ0) is 18.4. The molecule has 0 saturated carbocycles. The maximum atomic E-state index is 12.0. The van der Waals surface area contributed by atoms with Crippen LogP contribution >= 0.6 is 70.6 Å². The van der Waals surface area contributed by atoms with Crippen LogP contribution < -0.4 is 0 Å². The number of carbonyl (C=O) groups excluding carboxylic acids is 2. The van der Waals surface area contributed by atoms with Crippen molar-refractivity contribution >= 4 is 82.5 Å². The molecule has 134 valence electrons. The van der Waals surface area contributed by atoms with E-state index in [2.05, 4.69) is 6.07 Å². The molecule has 2 aliphatic heterocycles. The molecule has 0 saturated heterocycles. The summed E-state index contributed by atoms with van der Waals surface area (Å²) in [5.74, 6) is -0.336. The van der Waals surface area contributed by atoms with E-state index in [0.717, 1.165) is 18.5 Å².